The van der Waals surface area contributed by atoms with Gasteiger partial charge in [0.15, 0.2) is 0 Å². The van der Waals surface area contributed by atoms with Crippen LogP contribution in [-0.4, -0.2) is 25.5 Å². The quantitative estimate of drug-likeness (QED) is 0.461. The van der Waals surface area contributed by atoms with Gasteiger partial charge in [0.25, 0.3) is 5.78 Å². The maximum atomic E-state index is 11.6. The lowest BCUT2D eigenvalue weighted by Crippen LogP contribution is -2.17. The molecule has 1 rings (SSSR count). The lowest BCUT2D eigenvalue weighted by atomic mass is 10.1. The van der Waals surface area contributed by atoms with Crippen LogP contribution in [0.5, 0.6) is 0 Å². The first-order chi connectivity index (χ1) is 8.10. The van der Waals surface area contributed by atoms with Gasteiger partial charge in [-0.05, 0) is 18.6 Å². The molecular formula is C12H13ClO4. The van der Waals surface area contributed by atoms with Crippen molar-refractivity contribution in [1.29, 1.82) is 0 Å². The van der Waals surface area contributed by atoms with Crippen LogP contribution in [0, 0.1) is 0 Å². The van der Waals surface area contributed by atoms with Crippen molar-refractivity contribution >= 4 is 23.4 Å². The summed E-state index contributed by atoms with van der Waals surface area (Å²) in [6, 6.07) is 4.62. The van der Waals surface area contributed by atoms with Gasteiger partial charge in [0.2, 0.25) is 0 Å². The second-order valence-electron chi connectivity index (χ2n) is 3.29. The van der Waals surface area contributed by atoms with Crippen molar-refractivity contribution in [1.82, 2.24) is 0 Å². The van der Waals surface area contributed by atoms with Crippen LogP contribution in [-0.2, 0) is 20.9 Å². The maximum Gasteiger partial charge on any atom is 0.379 e. The molecule has 0 atom stereocenters. The zero-order valence-corrected chi connectivity index (χ0v) is 10.4. The molecule has 0 bridgehead atoms. The third-order valence-electron chi connectivity index (χ3n) is 2.08. The summed E-state index contributed by atoms with van der Waals surface area (Å²) in [5, 5.41) is 0.391. The highest BCUT2D eigenvalue weighted by Crippen LogP contribution is 2.19. The van der Waals surface area contributed by atoms with Crippen LogP contribution < -0.4 is 0 Å². The van der Waals surface area contributed by atoms with Gasteiger partial charge in [-0.2, -0.15) is 0 Å². The smallest absolute Gasteiger partial charge is 0.379 e. The van der Waals surface area contributed by atoms with Gasteiger partial charge in [-0.1, -0.05) is 23.7 Å². The number of ketones is 1. The average molecular weight is 257 g/mol. The molecule has 0 aliphatic carbocycles. The Hall–Kier alpha value is -1.39. The van der Waals surface area contributed by atoms with Crippen molar-refractivity contribution < 1.29 is 19.1 Å². The number of ether oxygens (including phenoxy) is 2. The summed E-state index contributed by atoms with van der Waals surface area (Å²) >= 11 is 5.95. The molecule has 1 aromatic carbocycles. The lowest BCUT2D eigenvalue weighted by Gasteiger charge is -2.05. The summed E-state index contributed by atoms with van der Waals surface area (Å²) in [7, 11) is 1.55. The van der Waals surface area contributed by atoms with Crippen molar-refractivity contribution in [3.63, 3.8) is 0 Å². The number of esters is 1. The summed E-state index contributed by atoms with van der Waals surface area (Å²) in [6.45, 7) is 2.16. The number of Topliss-reactive ketones (excluding diaryl/α,β-unsaturated/α-hetero) is 1. The summed E-state index contributed by atoms with van der Waals surface area (Å²) < 4.78 is 9.55. The Bertz CT molecular complexity index is 429. The number of carbonyl (C=O) groups is 2. The Kier molecular flexibility index (Phi) is 5.12. The highest BCUT2D eigenvalue weighted by Gasteiger charge is 2.18. The van der Waals surface area contributed by atoms with Gasteiger partial charge in [0, 0.05) is 17.7 Å². The van der Waals surface area contributed by atoms with Gasteiger partial charge < -0.3 is 9.47 Å². The fourth-order valence-electron chi connectivity index (χ4n) is 1.28. The molecule has 0 unspecified atom stereocenters. The van der Waals surface area contributed by atoms with E-state index < -0.39 is 11.8 Å². The number of rotatable bonds is 5. The van der Waals surface area contributed by atoms with E-state index in [-0.39, 0.29) is 12.2 Å². The predicted molar refractivity (Wildman–Crippen MR) is 63.1 cm³/mol. The van der Waals surface area contributed by atoms with E-state index in [0.29, 0.717) is 11.6 Å². The molecule has 0 heterocycles. The monoisotopic (exact) mass is 256 g/mol. The number of benzene rings is 1. The predicted octanol–water partition coefficient (Wildman–Crippen LogP) is 2.23. The molecule has 0 aromatic heterocycles. The molecule has 0 saturated carbocycles. The van der Waals surface area contributed by atoms with E-state index in [9.17, 15) is 9.59 Å². The minimum atomic E-state index is -0.872. The molecule has 1 aromatic rings. The molecule has 0 aliphatic rings. The third-order valence-corrected chi connectivity index (χ3v) is 2.43. The van der Waals surface area contributed by atoms with Crippen LogP contribution in [0.15, 0.2) is 18.2 Å². The fraction of sp³-hybridized carbons (Fsp3) is 0.333. The van der Waals surface area contributed by atoms with Crippen molar-refractivity contribution in [3.8, 4) is 0 Å². The second kappa shape index (κ2) is 6.37. The Morgan fingerprint density at radius 3 is 2.59 bits per heavy atom. The molecular weight excluding hydrogens is 244 g/mol. The van der Waals surface area contributed by atoms with E-state index in [4.69, 9.17) is 16.3 Å². The number of methoxy groups -OCH3 is 1. The highest BCUT2D eigenvalue weighted by atomic mass is 35.5. The third kappa shape index (κ3) is 3.54. The molecule has 17 heavy (non-hydrogen) atoms. The van der Waals surface area contributed by atoms with Crippen molar-refractivity contribution in [2.45, 2.75) is 13.5 Å². The lowest BCUT2D eigenvalue weighted by molar-refractivity contribution is -0.137. The van der Waals surface area contributed by atoms with Crippen LogP contribution in [0.1, 0.15) is 22.8 Å². The van der Waals surface area contributed by atoms with E-state index in [2.05, 4.69) is 4.74 Å². The van der Waals surface area contributed by atoms with Gasteiger partial charge in [-0.3, -0.25) is 4.79 Å². The summed E-state index contributed by atoms with van der Waals surface area (Å²) in [5.41, 5.74) is 0.975. The first kappa shape index (κ1) is 13.7. The molecule has 5 heteroatoms. The van der Waals surface area contributed by atoms with Crippen molar-refractivity contribution in [3.05, 3.63) is 34.3 Å². The number of halogens is 1. The normalized spacial score (nSPS) is 10.1. The SMILES string of the molecule is CCOC(=O)C(=O)c1ccc(COC)c(Cl)c1. The Balaban J connectivity index is 2.89. The Morgan fingerprint density at radius 2 is 2.06 bits per heavy atom. The minimum Gasteiger partial charge on any atom is -0.460 e. The largest absolute Gasteiger partial charge is 0.460 e. The number of carbonyl (C=O) groups excluding carboxylic acids is 2. The van der Waals surface area contributed by atoms with Crippen LogP contribution in [0.25, 0.3) is 0 Å². The van der Waals surface area contributed by atoms with E-state index in [1.54, 1.807) is 20.1 Å². The first-order valence-corrected chi connectivity index (χ1v) is 5.46. The van der Waals surface area contributed by atoms with Crippen LogP contribution in [0.3, 0.4) is 0 Å². The fourth-order valence-corrected chi connectivity index (χ4v) is 1.51. The second-order valence-corrected chi connectivity index (χ2v) is 3.70. The van der Waals surface area contributed by atoms with Gasteiger partial charge >= 0.3 is 5.97 Å². The van der Waals surface area contributed by atoms with Crippen LogP contribution in [0.2, 0.25) is 5.02 Å². The van der Waals surface area contributed by atoms with Crippen molar-refractivity contribution in [2.75, 3.05) is 13.7 Å². The molecule has 0 spiro atoms. The first-order valence-electron chi connectivity index (χ1n) is 5.09. The molecule has 0 radical (unpaired) electrons. The summed E-state index contributed by atoms with van der Waals surface area (Å²) in [6.07, 6.45) is 0. The topological polar surface area (TPSA) is 52.6 Å². The number of hydrogen-bond acceptors (Lipinski definition) is 4. The summed E-state index contributed by atoms with van der Waals surface area (Å²) in [4.78, 5) is 22.8. The Morgan fingerprint density at radius 1 is 1.35 bits per heavy atom. The molecule has 92 valence electrons. The van der Waals surface area contributed by atoms with E-state index in [1.165, 1.54) is 12.1 Å². The van der Waals surface area contributed by atoms with E-state index in [1.807, 2.05) is 0 Å². The standard InChI is InChI=1S/C12H13ClO4/c1-3-17-12(15)11(14)8-4-5-9(7-16-2)10(13)6-8/h4-6H,3,7H2,1-2H3. The van der Waals surface area contributed by atoms with Crippen LogP contribution >= 0.6 is 11.6 Å². The zero-order chi connectivity index (χ0) is 12.8. The minimum absolute atomic E-state index is 0.167. The molecule has 0 amide bonds. The average Bonchev–Trinajstić information content (AvgIpc) is 2.31. The van der Waals surface area contributed by atoms with Crippen LogP contribution in [0.4, 0.5) is 0 Å². The van der Waals surface area contributed by atoms with Gasteiger partial charge in [0.1, 0.15) is 0 Å². The van der Waals surface area contributed by atoms with E-state index in [0.717, 1.165) is 5.56 Å². The van der Waals surface area contributed by atoms with Gasteiger partial charge in [-0.15, -0.1) is 0 Å². The molecule has 4 nitrogen and oxygen atoms in total. The van der Waals surface area contributed by atoms with E-state index >= 15 is 0 Å². The maximum absolute atomic E-state index is 11.6. The molecule has 0 saturated heterocycles. The molecule has 0 fully saturated rings. The zero-order valence-electron chi connectivity index (χ0n) is 9.66. The van der Waals surface area contributed by atoms with Crippen molar-refractivity contribution in [2.24, 2.45) is 0 Å². The molecule has 0 aliphatic heterocycles. The highest BCUT2D eigenvalue weighted by molar-refractivity contribution is 6.41. The molecule has 0 N–H and O–H groups in total. The number of hydrogen-bond donors (Lipinski definition) is 0. The van der Waals surface area contributed by atoms with Gasteiger partial charge in [0.05, 0.1) is 13.2 Å². The Labute approximate surface area is 104 Å². The van der Waals surface area contributed by atoms with Gasteiger partial charge in [-0.25, -0.2) is 4.79 Å². The summed E-state index contributed by atoms with van der Waals surface area (Å²) in [5.74, 6) is -1.57.